The number of phenolic OH excluding ortho intramolecular Hbond substituents is 2. The zero-order valence-corrected chi connectivity index (χ0v) is 33.4. The van der Waals surface area contributed by atoms with Crippen LogP contribution in [0, 0.1) is 0 Å². The summed E-state index contributed by atoms with van der Waals surface area (Å²) in [7, 11) is 3.84. The lowest BCUT2D eigenvalue weighted by molar-refractivity contribution is -0.110. The lowest BCUT2D eigenvalue weighted by atomic mass is 9.67. The molecule has 0 aliphatic carbocycles. The highest BCUT2D eigenvalue weighted by atomic mass is 16.5. The van der Waals surface area contributed by atoms with Gasteiger partial charge in [-0.1, -0.05) is 48.5 Å². The normalized spacial score (nSPS) is 16.8. The topological polar surface area (TPSA) is 133 Å². The number of anilines is 1. The molecule has 2 aliphatic rings. The first kappa shape index (κ1) is 43.7. The number of carbonyl (C=O) groups is 2. The van der Waals surface area contributed by atoms with Crippen molar-refractivity contribution in [3.8, 4) is 17.2 Å². The fourth-order valence-corrected chi connectivity index (χ4v) is 7.62. The lowest BCUT2D eigenvalue weighted by Crippen LogP contribution is -2.45. The molecular formula is C44H64N4O7. The molecule has 11 heteroatoms. The van der Waals surface area contributed by atoms with E-state index in [0.717, 1.165) is 101 Å². The van der Waals surface area contributed by atoms with Crippen molar-refractivity contribution in [2.75, 3.05) is 85.1 Å². The maximum atomic E-state index is 10.8. The molecule has 0 saturated carbocycles. The molecule has 1 unspecified atom stereocenters. The van der Waals surface area contributed by atoms with Crippen LogP contribution in [0.25, 0.3) is 0 Å². The molecule has 2 aliphatic heterocycles. The Bertz CT molecular complexity index is 1570. The number of hydrogen-bond donors (Lipinski definition) is 4. The van der Waals surface area contributed by atoms with Gasteiger partial charge in [0.2, 0.25) is 0 Å². The first-order valence-electron chi connectivity index (χ1n) is 20.0. The van der Waals surface area contributed by atoms with Crippen molar-refractivity contribution in [2.45, 2.75) is 76.4 Å². The summed E-state index contributed by atoms with van der Waals surface area (Å²) in [6.45, 7) is 12.1. The average molecular weight is 761 g/mol. The molecule has 2 saturated heterocycles. The molecule has 302 valence electrons. The zero-order valence-electron chi connectivity index (χ0n) is 33.4. The van der Waals surface area contributed by atoms with Crippen LogP contribution in [0.5, 0.6) is 17.2 Å². The molecule has 55 heavy (non-hydrogen) atoms. The van der Waals surface area contributed by atoms with Gasteiger partial charge in [-0.3, -0.25) is 4.79 Å². The Balaban J connectivity index is 0.000000246. The average Bonchev–Trinajstić information content (AvgIpc) is 3.71. The predicted octanol–water partition coefficient (Wildman–Crippen LogP) is 5.59. The van der Waals surface area contributed by atoms with Gasteiger partial charge in [0, 0.05) is 56.7 Å². The Morgan fingerprint density at radius 3 is 2.42 bits per heavy atom. The molecule has 3 aromatic rings. The number of aromatic hydroxyl groups is 2. The summed E-state index contributed by atoms with van der Waals surface area (Å²) in [6.07, 6.45) is 8.24. The van der Waals surface area contributed by atoms with Crippen LogP contribution in [0.1, 0.15) is 68.2 Å². The van der Waals surface area contributed by atoms with E-state index < -0.39 is 0 Å². The molecule has 0 aromatic heterocycles. The predicted molar refractivity (Wildman–Crippen MR) is 219 cm³/mol. The summed E-state index contributed by atoms with van der Waals surface area (Å²) in [4.78, 5) is 25.9. The van der Waals surface area contributed by atoms with Gasteiger partial charge in [-0.25, -0.2) is 0 Å². The Hall–Kier alpha value is -4.00. The van der Waals surface area contributed by atoms with Gasteiger partial charge in [0.05, 0.1) is 19.3 Å². The molecule has 1 atom stereocenters. The van der Waals surface area contributed by atoms with E-state index in [1.807, 2.05) is 24.3 Å². The fourth-order valence-electron chi connectivity index (χ4n) is 7.62. The molecule has 11 nitrogen and oxygen atoms in total. The van der Waals surface area contributed by atoms with E-state index in [1.165, 1.54) is 12.0 Å². The largest absolute Gasteiger partial charge is 0.508 e. The second kappa shape index (κ2) is 23.2. The number of phenols is 2. The van der Waals surface area contributed by atoms with Crippen LogP contribution in [0.3, 0.4) is 0 Å². The van der Waals surface area contributed by atoms with E-state index in [4.69, 9.17) is 14.2 Å². The van der Waals surface area contributed by atoms with E-state index in [2.05, 4.69) is 71.7 Å². The van der Waals surface area contributed by atoms with Gasteiger partial charge in [0.15, 0.2) is 6.29 Å². The van der Waals surface area contributed by atoms with Gasteiger partial charge in [0.25, 0.3) is 0 Å². The molecule has 2 heterocycles. The summed E-state index contributed by atoms with van der Waals surface area (Å²) in [5.74, 6) is 1.02. The van der Waals surface area contributed by atoms with Gasteiger partial charge in [0.1, 0.15) is 35.8 Å². The van der Waals surface area contributed by atoms with Crippen LogP contribution in [-0.4, -0.2) is 125 Å². The maximum Gasteiger partial charge on any atom is 0.157 e. The van der Waals surface area contributed by atoms with E-state index in [9.17, 15) is 19.8 Å². The van der Waals surface area contributed by atoms with Crippen LogP contribution in [0.15, 0.2) is 60.7 Å². The molecule has 0 radical (unpaired) electrons. The molecule has 0 amide bonds. The third-order valence-electron chi connectivity index (χ3n) is 10.7. The van der Waals surface area contributed by atoms with Crippen molar-refractivity contribution in [1.82, 2.24) is 15.1 Å². The minimum Gasteiger partial charge on any atom is -0.508 e. The highest BCUT2D eigenvalue weighted by Gasteiger charge is 2.40. The summed E-state index contributed by atoms with van der Waals surface area (Å²) in [5, 5.41) is 27.2. The van der Waals surface area contributed by atoms with Gasteiger partial charge >= 0.3 is 0 Å². The molecule has 3 aromatic carbocycles. The third-order valence-corrected chi connectivity index (χ3v) is 10.7. The van der Waals surface area contributed by atoms with Crippen LogP contribution in [-0.2, 0) is 37.3 Å². The third kappa shape index (κ3) is 13.0. The second-order valence-electron chi connectivity index (χ2n) is 14.8. The first-order chi connectivity index (χ1) is 26.7. The lowest BCUT2D eigenvalue weighted by Gasteiger charge is -2.44. The van der Waals surface area contributed by atoms with E-state index >= 15 is 0 Å². The van der Waals surface area contributed by atoms with Crippen molar-refractivity contribution in [3.63, 3.8) is 0 Å². The standard InChI is InChI=1S/C25H33NO3.C19H31N3O4/c1-20(2)26-14-12-25(13-15-26,22-7-4-3-5-8-22)23-19-21(9-10-24(23)28)11-18-29-17-6-16-27;1-20-18-17(24)6-5-15(19(18)26-13-11-23)7-8-21-9-10-22(2)14-16-4-3-12-25-16/h3-5,7-10,16,19-20,28H,6,11-15,17-18H2,1-2H3;5-6,11,16,20-21,24H,3-4,7-10,12-14H2,1-2H3. The van der Waals surface area contributed by atoms with Crippen LogP contribution < -0.4 is 15.4 Å². The van der Waals surface area contributed by atoms with Crippen LogP contribution >= 0.6 is 0 Å². The SMILES string of the molecule is CC(C)N1CCC(c2ccccc2)(c2cc(CCOCCC=O)ccc2O)CC1.CNc1c(O)ccc(CCNCCN(C)CC2CCCO2)c1OCC=O. The Morgan fingerprint density at radius 1 is 0.982 bits per heavy atom. The van der Waals surface area contributed by atoms with Gasteiger partial charge in [-0.15, -0.1) is 0 Å². The Kier molecular flexibility index (Phi) is 18.4. The minimum absolute atomic E-state index is 0.0351. The van der Waals surface area contributed by atoms with Crippen molar-refractivity contribution >= 4 is 18.3 Å². The van der Waals surface area contributed by atoms with E-state index in [-0.39, 0.29) is 17.8 Å². The Labute approximate surface area is 328 Å². The van der Waals surface area contributed by atoms with Crippen LogP contribution in [0.2, 0.25) is 0 Å². The number of nitrogens with zero attached hydrogens (tertiary/aromatic N) is 2. The number of hydrogen-bond acceptors (Lipinski definition) is 11. The number of likely N-dealkylation sites (N-methyl/N-ethyl adjacent to an activating group) is 1. The number of ether oxygens (including phenoxy) is 3. The van der Waals surface area contributed by atoms with Crippen molar-refractivity contribution in [2.24, 2.45) is 0 Å². The Morgan fingerprint density at radius 2 is 1.75 bits per heavy atom. The maximum absolute atomic E-state index is 10.8. The highest BCUT2D eigenvalue weighted by Crippen LogP contribution is 2.46. The summed E-state index contributed by atoms with van der Waals surface area (Å²) in [5.41, 5.74) is 4.75. The molecule has 0 spiro atoms. The molecule has 4 N–H and O–H groups in total. The molecule has 0 bridgehead atoms. The van der Waals surface area contributed by atoms with E-state index in [0.29, 0.717) is 55.3 Å². The monoisotopic (exact) mass is 760 g/mol. The summed E-state index contributed by atoms with van der Waals surface area (Å²) < 4.78 is 16.7. The van der Waals surface area contributed by atoms with Crippen molar-refractivity contribution in [3.05, 3.63) is 82.9 Å². The van der Waals surface area contributed by atoms with Crippen molar-refractivity contribution < 1.29 is 34.0 Å². The van der Waals surface area contributed by atoms with E-state index in [1.54, 1.807) is 13.1 Å². The number of rotatable bonds is 21. The molecule has 5 rings (SSSR count). The van der Waals surface area contributed by atoms with Crippen molar-refractivity contribution in [1.29, 1.82) is 0 Å². The summed E-state index contributed by atoms with van der Waals surface area (Å²) in [6, 6.07) is 20.6. The number of benzene rings is 3. The zero-order chi connectivity index (χ0) is 39.5. The summed E-state index contributed by atoms with van der Waals surface area (Å²) >= 11 is 0. The minimum atomic E-state index is -0.175. The van der Waals surface area contributed by atoms with Crippen LogP contribution in [0.4, 0.5) is 5.69 Å². The van der Waals surface area contributed by atoms with Gasteiger partial charge in [-0.2, -0.15) is 0 Å². The van der Waals surface area contributed by atoms with Gasteiger partial charge < -0.3 is 49.7 Å². The number of nitrogens with one attached hydrogen (secondary N) is 2. The highest BCUT2D eigenvalue weighted by molar-refractivity contribution is 5.69. The number of aldehydes is 2. The molecule has 2 fully saturated rings. The smallest absolute Gasteiger partial charge is 0.157 e. The van der Waals surface area contributed by atoms with Gasteiger partial charge in [-0.05, 0) is 108 Å². The number of piperidine rings is 1. The second-order valence-corrected chi connectivity index (χ2v) is 14.8. The quantitative estimate of drug-likeness (QED) is 0.0616. The number of carbonyl (C=O) groups excluding carboxylic acids is 2. The number of likely N-dealkylation sites (tertiary alicyclic amines) is 1. The molecular weight excluding hydrogens is 697 g/mol. The first-order valence-corrected chi connectivity index (χ1v) is 20.0. The fraction of sp³-hybridized carbons (Fsp3) is 0.545.